The fourth-order valence-electron chi connectivity index (χ4n) is 1.71. The van der Waals surface area contributed by atoms with E-state index in [9.17, 15) is 14.7 Å². The molecule has 0 radical (unpaired) electrons. The molecule has 1 saturated heterocycles. The molecule has 0 aromatic heterocycles. The Morgan fingerprint density at radius 1 is 1.62 bits per heavy atom. The number of rotatable bonds is 0. The summed E-state index contributed by atoms with van der Waals surface area (Å²) in [5, 5.41) is 12.4. The van der Waals surface area contributed by atoms with Crippen molar-refractivity contribution in [2.24, 2.45) is 0 Å². The highest BCUT2D eigenvalue weighted by atomic mass is 35.5. The molecule has 0 bridgehead atoms. The van der Waals surface area contributed by atoms with Crippen LogP contribution in [-0.2, 0) is 9.59 Å². The van der Waals surface area contributed by atoms with Crippen LogP contribution in [0.3, 0.4) is 0 Å². The molecule has 0 unspecified atom stereocenters. The third-order valence-electron chi connectivity index (χ3n) is 2.41. The van der Waals surface area contributed by atoms with Crippen molar-refractivity contribution in [3.8, 4) is 0 Å². The summed E-state index contributed by atoms with van der Waals surface area (Å²) in [6.07, 6.45) is 1.34. The lowest BCUT2D eigenvalue weighted by atomic mass is 9.86. The second kappa shape index (κ2) is 2.56. The van der Waals surface area contributed by atoms with E-state index in [-0.39, 0.29) is 29.6 Å². The zero-order valence-electron chi connectivity index (χ0n) is 6.71. The molecule has 1 aliphatic heterocycles. The molecule has 2 N–H and O–H groups in total. The van der Waals surface area contributed by atoms with Crippen LogP contribution < -0.4 is 5.32 Å². The van der Waals surface area contributed by atoms with Gasteiger partial charge in [0.15, 0.2) is 5.78 Å². The second-order valence-corrected chi connectivity index (χ2v) is 3.81. The highest BCUT2D eigenvalue weighted by Crippen LogP contribution is 2.33. The molecule has 2 atom stereocenters. The van der Waals surface area contributed by atoms with Crippen molar-refractivity contribution in [2.45, 2.75) is 24.5 Å². The number of aliphatic hydroxyl groups is 1. The van der Waals surface area contributed by atoms with E-state index in [1.54, 1.807) is 0 Å². The lowest BCUT2D eigenvalue weighted by Crippen LogP contribution is -2.45. The van der Waals surface area contributed by atoms with E-state index < -0.39 is 11.6 Å². The Morgan fingerprint density at radius 2 is 2.31 bits per heavy atom. The van der Waals surface area contributed by atoms with Crippen molar-refractivity contribution in [1.82, 2.24) is 5.32 Å². The number of Topliss-reactive ketones (excluding diaryl/α,β-unsaturated/α-hetero) is 1. The van der Waals surface area contributed by atoms with Crippen LogP contribution in [0.25, 0.3) is 0 Å². The highest BCUT2D eigenvalue weighted by molar-refractivity contribution is 6.43. The molecule has 13 heavy (non-hydrogen) atoms. The third kappa shape index (κ3) is 1.26. The zero-order valence-corrected chi connectivity index (χ0v) is 7.47. The topological polar surface area (TPSA) is 66.4 Å². The number of amides is 1. The Labute approximate surface area is 79.6 Å². The molecule has 0 spiro atoms. The van der Waals surface area contributed by atoms with Crippen molar-refractivity contribution < 1.29 is 14.7 Å². The van der Waals surface area contributed by atoms with Crippen LogP contribution in [0.5, 0.6) is 0 Å². The van der Waals surface area contributed by atoms with E-state index in [1.807, 2.05) is 0 Å². The molecular weight excluding hydrogens is 194 g/mol. The van der Waals surface area contributed by atoms with Crippen LogP contribution in [0.1, 0.15) is 12.8 Å². The number of hydrogen-bond donors (Lipinski definition) is 2. The number of carbonyl (C=O) groups is 2. The van der Waals surface area contributed by atoms with Crippen LogP contribution in [-0.4, -0.2) is 28.4 Å². The van der Waals surface area contributed by atoms with Crippen LogP contribution in [0.15, 0.2) is 11.1 Å². The Hall–Kier alpha value is -0.870. The maximum atomic E-state index is 11.1. The number of fused-ring (bicyclic) bond motifs is 1. The Kier molecular flexibility index (Phi) is 1.72. The largest absolute Gasteiger partial charge is 0.383 e. The monoisotopic (exact) mass is 201 g/mol. The number of nitrogens with one attached hydrogen (secondary N) is 1. The van der Waals surface area contributed by atoms with Crippen LogP contribution >= 0.6 is 11.6 Å². The fraction of sp³-hybridized carbons (Fsp3) is 0.500. The molecule has 2 aliphatic rings. The van der Waals surface area contributed by atoms with Gasteiger partial charge in [0.1, 0.15) is 5.60 Å². The van der Waals surface area contributed by atoms with E-state index in [0.29, 0.717) is 0 Å². The van der Waals surface area contributed by atoms with Crippen LogP contribution in [0, 0.1) is 0 Å². The first-order valence-electron chi connectivity index (χ1n) is 3.94. The number of allylic oxidation sites excluding steroid dienone is 1. The lowest BCUT2D eigenvalue weighted by Gasteiger charge is -2.28. The molecule has 4 nitrogen and oxygen atoms in total. The second-order valence-electron chi connectivity index (χ2n) is 3.41. The van der Waals surface area contributed by atoms with Gasteiger partial charge in [0, 0.05) is 6.42 Å². The predicted octanol–water partition coefficient (Wildman–Crippen LogP) is -0.298. The number of carbonyl (C=O) groups excluding carboxylic acids is 2. The van der Waals surface area contributed by atoms with Gasteiger partial charge in [-0.15, -0.1) is 0 Å². The molecule has 5 heteroatoms. The van der Waals surface area contributed by atoms with E-state index in [2.05, 4.69) is 5.32 Å². The third-order valence-corrected chi connectivity index (χ3v) is 2.73. The van der Waals surface area contributed by atoms with Gasteiger partial charge in [-0.05, 0) is 6.08 Å². The van der Waals surface area contributed by atoms with E-state index in [1.165, 1.54) is 6.08 Å². The molecule has 70 valence electrons. The molecule has 0 aromatic carbocycles. The molecule has 1 heterocycles. The highest BCUT2D eigenvalue weighted by Gasteiger charge is 2.48. The van der Waals surface area contributed by atoms with Crippen LogP contribution in [0.2, 0.25) is 0 Å². The Bertz CT molecular complexity index is 325. The SMILES string of the molecule is O=C1C[C@]2(O)C=C(Cl)C(=O)C[C@@H]2N1. The first-order chi connectivity index (χ1) is 6.01. The zero-order chi connectivity index (χ0) is 9.64. The van der Waals surface area contributed by atoms with Crippen molar-refractivity contribution in [3.63, 3.8) is 0 Å². The lowest BCUT2D eigenvalue weighted by molar-refractivity contribution is -0.120. The molecule has 1 amide bonds. The van der Waals surface area contributed by atoms with Gasteiger partial charge in [0.2, 0.25) is 5.91 Å². The van der Waals surface area contributed by atoms with Crippen molar-refractivity contribution >= 4 is 23.3 Å². The fourth-order valence-corrected chi connectivity index (χ4v) is 1.98. The minimum Gasteiger partial charge on any atom is -0.383 e. The molecule has 1 fully saturated rings. The maximum Gasteiger partial charge on any atom is 0.223 e. The van der Waals surface area contributed by atoms with Gasteiger partial charge >= 0.3 is 0 Å². The summed E-state index contributed by atoms with van der Waals surface area (Å²) >= 11 is 5.58. The maximum absolute atomic E-state index is 11.1. The number of ketones is 1. The van der Waals surface area contributed by atoms with Gasteiger partial charge in [0.25, 0.3) is 0 Å². The normalized spacial score (nSPS) is 38.3. The van der Waals surface area contributed by atoms with Gasteiger partial charge < -0.3 is 10.4 Å². The van der Waals surface area contributed by atoms with Crippen LogP contribution in [0.4, 0.5) is 0 Å². The first-order valence-corrected chi connectivity index (χ1v) is 4.32. The van der Waals surface area contributed by atoms with Crippen molar-refractivity contribution in [1.29, 1.82) is 0 Å². The summed E-state index contributed by atoms with van der Waals surface area (Å²) in [4.78, 5) is 22.1. The number of halogens is 1. The summed E-state index contributed by atoms with van der Waals surface area (Å²) < 4.78 is 0. The minimum atomic E-state index is -1.26. The van der Waals surface area contributed by atoms with Crippen molar-refractivity contribution in [2.75, 3.05) is 0 Å². The van der Waals surface area contributed by atoms with E-state index >= 15 is 0 Å². The van der Waals surface area contributed by atoms with Gasteiger partial charge in [-0.25, -0.2) is 0 Å². The van der Waals surface area contributed by atoms with Gasteiger partial charge in [-0.2, -0.15) is 0 Å². The smallest absolute Gasteiger partial charge is 0.223 e. The number of hydrogen-bond acceptors (Lipinski definition) is 3. The van der Waals surface area contributed by atoms with Crippen molar-refractivity contribution in [3.05, 3.63) is 11.1 Å². The summed E-state index contributed by atoms with van der Waals surface area (Å²) in [7, 11) is 0. The average molecular weight is 202 g/mol. The standard InChI is InChI=1S/C8H8ClNO3/c9-4-2-8(13)3-7(12)10-6(8)1-5(4)11/h2,6,13H,1,3H2,(H,10,12)/t6-,8+/m0/s1. The van der Waals surface area contributed by atoms with Gasteiger partial charge in [-0.1, -0.05) is 11.6 Å². The Morgan fingerprint density at radius 3 is 3.00 bits per heavy atom. The molecule has 0 saturated carbocycles. The predicted molar refractivity (Wildman–Crippen MR) is 45.1 cm³/mol. The minimum absolute atomic E-state index is 0.0127. The Balaban J connectivity index is 2.38. The summed E-state index contributed by atoms with van der Waals surface area (Å²) in [5.41, 5.74) is -1.26. The van der Waals surface area contributed by atoms with E-state index in [0.717, 1.165) is 0 Å². The molecule has 1 aliphatic carbocycles. The molecule has 2 rings (SSSR count). The van der Waals surface area contributed by atoms with Gasteiger partial charge in [-0.3, -0.25) is 9.59 Å². The summed E-state index contributed by atoms with van der Waals surface area (Å²) in [5.74, 6) is -0.485. The average Bonchev–Trinajstić information content (AvgIpc) is 2.25. The molecule has 0 aromatic rings. The summed E-state index contributed by atoms with van der Waals surface area (Å²) in [6, 6.07) is -0.505. The first kappa shape index (κ1) is 8.72. The quantitative estimate of drug-likeness (QED) is 0.566. The molecular formula is C8H8ClNO3. The summed E-state index contributed by atoms with van der Waals surface area (Å²) in [6.45, 7) is 0. The van der Waals surface area contributed by atoms with E-state index in [4.69, 9.17) is 11.6 Å². The van der Waals surface area contributed by atoms with Gasteiger partial charge in [0.05, 0.1) is 17.5 Å².